The van der Waals surface area contributed by atoms with Crippen molar-refractivity contribution in [1.29, 1.82) is 0 Å². The van der Waals surface area contributed by atoms with Crippen LogP contribution < -0.4 is 0 Å². The van der Waals surface area contributed by atoms with Crippen molar-refractivity contribution in [1.82, 2.24) is 0 Å². The third kappa shape index (κ3) is 2.32. The lowest BCUT2D eigenvalue weighted by atomic mass is 9.54. The van der Waals surface area contributed by atoms with Crippen molar-refractivity contribution >= 4 is 11.6 Å². The van der Waals surface area contributed by atoms with Crippen LogP contribution in [-0.2, 0) is 5.41 Å². The maximum absolute atomic E-state index is 6.02. The van der Waals surface area contributed by atoms with Crippen molar-refractivity contribution in [3.63, 3.8) is 0 Å². The van der Waals surface area contributed by atoms with E-state index in [1.165, 1.54) is 24.8 Å². The normalized spacial score (nSPS) is 21.4. The van der Waals surface area contributed by atoms with Crippen LogP contribution in [0, 0.1) is 17.8 Å². The maximum Gasteiger partial charge on any atom is 0.0406 e. The van der Waals surface area contributed by atoms with Gasteiger partial charge in [0.15, 0.2) is 0 Å². The minimum absolute atomic E-state index is 0.411. The fourth-order valence-corrected chi connectivity index (χ4v) is 3.55. The summed E-state index contributed by atoms with van der Waals surface area (Å²) in [6.45, 7) is 9.54. The fourth-order valence-electron chi connectivity index (χ4n) is 3.43. The molecule has 0 N–H and O–H groups in total. The van der Waals surface area contributed by atoms with Gasteiger partial charge >= 0.3 is 0 Å². The number of benzene rings is 1. The molecule has 1 aliphatic rings. The van der Waals surface area contributed by atoms with E-state index in [4.69, 9.17) is 11.6 Å². The summed E-state index contributed by atoms with van der Waals surface area (Å²) in [4.78, 5) is 0. The summed E-state index contributed by atoms with van der Waals surface area (Å²) in [6.07, 6.45) is 4.05. The van der Waals surface area contributed by atoms with Crippen molar-refractivity contribution in [3.05, 3.63) is 34.9 Å². The molecule has 18 heavy (non-hydrogen) atoms. The van der Waals surface area contributed by atoms with Crippen LogP contribution in [0.3, 0.4) is 0 Å². The Morgan fingerprint density at radius 1 is 1.00 bits per heavy atom. The van der Waals surface area contributed by atoms with Gasteiger partial charge < -0.3 is 0 Å². The first kappa shape index (κ1) is 13.9. The highest BCUT2D eigenvalue weighted by atomic mass is 35.5. The summed E-state index contributed by atoms with van der Waals surface area (Å²) in [7, 11) is 0. The molecule has 0 aliphatic heterocycles. The van der Waals surface area contributed by atoms with E-state index in [0.29, 0.717) is 5.41 Å². The second-order valence-electron chi connectivity index (χ2n) is 6.41. The van der Waals surface area contributed by atoms with Crippen molar-refractivity contribution in [2.45, 2.75) is 52.4 Å². The summed E-state index contributed by atoms with van der Waals surface area (Å²) in [5.41, 5.74) is 1.91. The minimum atomic E-state index is 0.411. The quantitative estimate of drug-likeness (QED) is 0.655. The van der Waals surface area contributed by atoms with Gasteiger partial charge in [-0.1, -0.05) is 57.8 Å². The first-order chi connectivity index (χ1) is 8.47. The molecule has 2 rings (SSSR count). The van der Waals surface area contributed by atoms with Gasteiger partial charge in [0, 0.05) is 5.02 Å². The van der Waals surface area contributed by atoms with E-state index in [2.05, 4.69) is 39.8 Å². The van der Waals surface area contributed by atoms with E-state index in [1.807, 2.05) is 12.1 Å². The summed E-state index contributed by atoms with van der Waals surface area (Å²) >= 11 is 6.02. The van der Waals surface area contributed by atoms with Gasteiger partial charge in [-0.3, -0.25) is 0 Å². The summed E-state index contributed by atoms with van der Waals surface area (Å²) < 4.78 is 0. The standard InChI is InChI=1S/C17H25Cl/c1-12(2)13(3)14(4)17(10-5-11-17)15-6-8-16(18)9-7-15/h6-9,12-14H,5,10-11H2,1-4H3. The molecule has 2 unspecified atom stereocenters. The molecule has 0 nitrogen and oxygen atoms in total. The lowest BCUT2D eigenvalue weighted by Crippen LogP contribution is -2.44. The van der Waals surface area contributed by atoms with Gasteiger partial charge in [-0.25, -0.2) is 0 Å². The Kier molecular flexibility index (Phi) is 4.06. The van der Waals surface area contributed by atoms with Gasteiger partial charge in [0.1, 0.15) is 0 Å². The predicted molar refractivity (Wildman–Crippen MR) is 80.1 cm³/mol. The predicted octanol–water partition coefficient (Wildman–Crippen LogP) is 5.69. The van der Waals surface area contributed by atoms with Gasteiger partial charge in [0.25, 0.3) is 0 Å². The largest absolute Gasteiger partial charge is 0.0843 e. The van der Waals surface area contributed by atoms with Crippen LogP contribution in [-0.4, -0.2) is 0 Å². The average molecular weight is 265 g/mol. The van der Waals surface area contributed by atoms with Crippen LogP contribution in [0.1, 0.15) is 52.5 Å². The van der Waals surface area contributed by atoms with Crippen LogP contribution in [0.25, 0.3) is 0 Å². The van der Waals surface area contributed by atoms with E-state index in [9.17, 15) is 0 Å². The second-order valence-corrected chi connectivity index (χ2v) is 6.84. The molecule has 0 aromatic heterocycles. The fraction of sp³-hybridized carbons (Fsp3) is 0.647. The zero-order valence-corrected chi connectivity index (χ0v) is 12.8. The van der Waals surface area contributed by atoms with Gasteiger partial charge in [0.05, 0.1) is 0 Å². The molecular formula is C17H25Cl. The van der Waals surface area contributed by atoms with E-state index in [1.54, 1.807) is 0 Å². The molecule has 0 spiro atoms. The highest BCUT2D eigenvalue weighted by Gasteiger charge is 2.45. The lowest BCUT2D eigenvalue weighted by Gasteiger charge is -2.50. The smallest absolute Gasteiger partial charge is 0.0406 e. The van der Waals surface area contributed by atoms with Crippen molar-refractivity contribution < 1.29 is 0 Å². The Morgan fingerprint density at radius 3 is 1.94 bits per heavy atom. The molecule has 1 heteroatoms. The summed E-state index contributed by atoms with van der Waals surface area (Å²) in [5.74, 6) is 2.26. The van der Waals surface area contributed by atoms with Crippen LogP contribution in [0.2, 0.25) is 5.02 Å². The Bertz CT molecular complexity index is 387. The van der Waals surface area contributed by atoms with Crippen molar-refractivity contribution in [2.24, 2.45) is 17.8 Å². The molecule has 0 amide bonds. The molecule has 1 aliphatic carbocycles. The Labute approximate surface area is 117 Å². The van der Waals surface area contributed by atoms with Crippen LogP contribution in [0.15, 0.2) is 24.3 Å². The van der Waals surface area contributed by atoms with Gasteiger partial charge in [0.2, 0.25) is 0 Å². The summed E-state index contributed by atoms with van der Waals surface area (Å²) in [5, 5.41) is 0.845. The second kappa shape index (κ2) is 5.25. The Morgan fingerprint density at radius 2 is 1.56 bits per heavy atom. The summed E-state index contributed by atoms with van der Waals surface area (Å²) in [6, 6.07) is 8.57. The zero-order chi connectivity index (χ0) is 13.3. The molecule has 0 saturated heterocycles. The first-order valence-electron chi connectivity index (χ1n) is 7.23. The molecule has 1 fully saturated rings. The van der Waals surface area contributed by atoms with Gasteiger partial charge in [-0.15, -0.1) is 0 Å². The van der Waals surface area contributed by atoms with Gasteiger partial charge in [-0.05, 0) is 53.7 Å². The van der Waals surface area contributed by atoms with Gasteiger partial charge in [-0.2, -0.15) is 0 Å². The highest BCUT2D eigenvalue weighted by Crippen LogP contribution is 2.52. The average Bonchev–Trinajstić information content (AvgIpc) is 2.28. The van der Waals surface area contributed by atoms with Crippen molar-refractivity contribution in [2.75, 3.05) is 0 Å². The van der Waals surface area contributed by atoms with Crippen molar-refractivity contribution in [3.8, 4) is 0 Å². The Hall–Kier alpha value is -0.490. The van der Waals surface area contributed by atoms with E-state index in [-0.39, 0.29) is 0 Å². The number of hydrogen-bond acceptors (Lipinski definition) is 0. The lowest BCUT2D eigenvalue weighted by molar-refractivity contribution is 0.0941. The molecular weight excluding hydrogens is 240 g/mol. The monoisotopic (exact) mass is 264 g/mol. The third-order valence-corrected chi connectivity index (χ3v) is 5.63. The van der Waals surface area contributed by atoms with Crippen LogP contribution in [0.5, 0.6) is 0 Å². The highest BCUT2D eigenvalue weighted by molar-refractivity contribution is 6.30. The molecule has 100 valence electrons. The van der Waals surface area contributed by atoms with E-state index in [0.717, 1.165) is 22.8 Å². The first-order valence-corrected chi connectivity index (χ1v) is 7.61. The van der Waals surface area contributed by atoms with E-state index >= 15 is 0 Å². The molecule has 2 atom stereocenters. The van der Waals surface area contributed by atoms with Crippen LogP contribution in [0.4, 0.5) is 0 Å². The maximum atomic E-state index is 6.02. The SMILES string of the molecule is CC(C)C(C)C(C)C1(c2ccc(Cl)cc2)CCC1. The van der Waals surface area contributed by atoms with Crippen LogP contribution >= 0.6 is 11.6 Å². The number of rotatable bonds is 4. The minimum Gasteiger partial charge on any atom is -0.0843 e. The topological polar surface area (TPSA) is 0 Å². The molecule has 0 heterocycles. The molecule has 0 radical (unpaired) electrons. The molecule has 1 aromatic carbocycles. The van der Waals surface area contributed by atoms with E-state index < -0.39 is 0 Å². The third-order valence-electron chi connectivity index (χ3n) is 5.38. The molecule has 1 saturated carbocycles. The molecule has 1 aromatic rings. The number of halogens is 1. The number of hydrogen-bond donors (Lipinski definition) is 0. The Balaban J connectivity index is 2.28. The molecule has 0 bridgehead atoms. The zero-order valence-electron chi connectivity index (χ0n) is 12.0.